The zero-order valence-electron chi connectivity index (χ0n) is 10.3. The van der Waals surface area contributed by atoms with Gasteiger partial charge >= 0.3 is 5.97 Å². The van der Waals surface area contributed by atoms with E-state index in [0.717, 1.165) is 0 Å². The molecule has 0 saturated heterocycles. The normalized spacial score (nSPS) is 11.0. The summed E-state index contributed by atoms with van der Waals surface area (Å²) in [5.41, 5.74) is 0.649. The van der Waals surface area contributed by atoms with Crippen LogP contribution in [0, 0.1) is 0 Å². The van der Waals surface area contributed by atoms with Gasteiger partial charge in [-0.15, -0.1) is 0 Å². The van der Waals surface area contributed by atoms with Crippen LogP contribution in [0.2, 0.25) is 0 Å². The number of anilines is 1. The second-order valence-electron chi connectivity index (χ2n) is 3.46. The molecule has 6 nitrogen and oxygen atoms in total. The number of hydrogen-bond donors (Lipinski definition) is 2. The maximum atomic E-state index is 11.7. The second-order valence-corrected chi connectivity index (χ2v) is 5.22. The van der Waals surface area contributed by atoms with Gasteiger partial charge in [-0.1, -0.05) is 6.92 Å². The zero-order valence-corrected chi connectivity index (χ0v) is 11.1. The van der Waals surface area contributed by atoms with Crippen molar-refractivity contribution in [2.45, 2.75) is 11.8 Å². The number of nitrogens with one attached hydrogen (secondary N) is 2. The molecular formula is C11H16N2O4S. The summed E-state index contributed by atoms with van der Waals surface area (Å²) in [7, 11) is -2.13. The molecule has 7 heteroatoms. The molecule has 2 N–H and O–H groups in total. The minimum Gasteiger partial charge on any atom is -0.468 e. The second kappa shape index (κ2) is 6.36. The molecule has 0 aliphatic carbocycles. The van der Waals surface area contributed by atoms with E-state index in [-0.39, 0.29) is 17.4 Å². The van der Waals surface area contributed by atoms with Crippen molar-refractivity contribution in [2.24, 2.45) is 0 Å². The highest BCUT2D eigenvalue weighted by Crippen LogP contribution is 2.13. The van der Waals surface area contributed by atoms with Gasteiger partial charge < -0.3 is 10.1 Å². The van der Waals surface area contributed by atoms with Crippen molar-refractivity contribution in [3.8, 4) is 0 Å². The van der Waals surface area contributed by atoms with E-state index < -0.39 is 10.0 Å². The SMILES string of the molecule is CCNS(=O)(=O)c1ccc(NCC(=O)OC)cc1. The number of benzene rings is 1. The van der Waals surface area contributed by atoms with Gasteiger partial charge in [0.25, 0.3) is 0 Å². The van der Waals surface area contributed by atoms with Gasteiger partial charge in [0.2, 0.25) is 10.0 Å². The highest BCUT2D eigenvalue weighted by molar-refractivity contribution is 7.89. The van der Waals surface area contributed by atoms with Crippen LogP contribution >= 0.6 is 0 Å². The van der Waals surface area contributed by atoms with Crippen LogP contribution < -0.4 is 10.0 Å². The number of carbonyl (C=O) groups excluding carboxylic acids is 1. The first-order valence-electron chi connectivity index (χ1n) is 5.40. The molecule has 0 bridgehead atoms. The van der Waals surface area contributed by atoms with E-state index in [1.54, 1.807) is 19.1 Å². The van der Waals surface area contributed by atoms with Crippen molar-refractivity contribution in [2.75, 3.05) is 25.5 Å². The maximum Gasteiger partial charge on any atom is 0.325 e. The lowest BCUT2D eigenvalue weighted by molar-refractivity contribution is -0.138. The molecule has 18 heavy (non-hydrogen) atoms. The van der Waals surface area contributed by atoms with Crippen LogP contribution in [0.3, 0.4) is 0 Å². The number of sulfonamides is 1. The third kappa shape index (κ3) is 4.01. The summed E-state index contributed by atoms with van der Waals surface area (Å²) in [6.45, 7) is 2.09. The van der Waals surface area contributed by atoms with Gasteiger partial charge in [0.05, 0.1) is 12.0 Å². The Hall–Kier alpha value is -1.60. The molecule has 0 fully saturated rings. The molecule has 0 unspecified atom stereocenters. The van der Waals surface area contributed by atoms with Crippen molar-refractivity contribution in [1.29, 1.82) is 0 Å². The summed E-state index contributed by atoms with van der Waals surface area (Å²) in [4.78, 5) is 11.1. The first-order chi connectivity index (χ1) is 8.49. The van der Waals surface area contributed by atoms with E-state index in [9.17, 15) is 13.2 Å². The first-order valence-corrected chi connectivity index (χ1v) is 6.88. The Kier molecular flexibility index (Phi) is 5.11. The van der Waals surface area contributed by atoms with E-state index in [2.05, 4.69) is 14.8 Å². The summed E-state index contributed by atoms with van der Waals surface area (Å²) in [5, 5.41) is 2.82. The van der Waals surface area contributed by atoms with Crippen LogP contribution in [0.5, 0.6) is 0 Å². The highest BCUT2D eigenvalue weighted by atomic mass is 32.2. The number of methoxy groups -OCH3 is 1. The van der Waals surface area contributed by atoms with Crippen LogP contribution in [-0.4, -0.2) is 34.6 Å². The molecule has 0 saturated carbocycles. The fourth-order valence-corrected chi connectivity index (χ4v) is 2.31. The topological polar surface area (TPSA) is 84.5 Å². The van der Waals surface area contributed by atoms with E-state index in [1.807, 2.05) is 0 Å². The molecular weight excluding hydrogens is 256 g/mol. The summed E-state index contributed by atoms with van der Waals surface area (Å²) >= 11 is 0. The van der Waals surface area contributed by atoms with Gasteiger partial charge in [-0.2, -0.15) is 0 Å². The minimum atomic E-state index is -3.43. The molecule has 100 valence electrons. The Balaban J connectivity index is 2.71. The number of rotatable bonds is 6. The van der Waals surface area contributed by atoms with Crippen molar-refractivity contribution in [3.05, 3.63) is 24.3 Å². The molecule has 1 aromatic rings. The summed E-state index contributed by atoms with van der Waals surface area (Å²) < 4.78 is 30.2. The van der Waals surface area contributed by atoms with Crippen molar-refractivity contribution < 1.29 is 17.9 Å². The monoisotopic (exact) mass is 272 g/mol. The standard InChI is InChI=1S/C11H16N2O4S/c1-3-13-18(15,16)10-6-4-9(5-7-10)12-8-11(14)17-2/h4-7,12-13H,3,8H2,1-2H3. The van der Waals surface area contributed by atoms with Crippen LogP contribution in [0.4, 0.5) is 5.69 Å². The fourth-order valence-electron chi connectivity index (χ4n) is 1.27. The Morgan fingerprint density at radius 3 is 2.39 bits per heavy atom. The van der Waals surface area contributed by atoms with Gasteiger partial charge in [-0.05, 0) is 24.3 Å². The smallest absolute Gasteiger partial charge is 0.325 e. The molecule has 0 heterocycles. The predicted octanol–water partition coefficient (Wildman–Crippen LogP) is 0.570. The van der Waals surface area contributed by atoms with Crippen molar-refractivity contribution >= 4 is 21.7 Å². The fraction of sp³-hybridized carbons (Fsp3) is 0.364. The van der Waals surface area contributed by atoms with Gasteiger partial charge in [0, 0.05) is 12.2 Å². The van der Waals surface area contributed by atoms with Crippen molar-refractivity contribution in [3.63, 3.8) is 0 Å². The lowest BCUT2D eigenvalue weighted by Crippen LogP contribution is -2.23. The molecule has 0 atom stereocenters. The van der Waals surface area contributed by atoms with Gasteiger partial charge in [0.15, 0.2) is 0 Å². The number of ether oxygens (including phenoxy) is 1. The van der Waals surface area contributed by atoms with Crippen LogP contribution in [0.25, 0.3) is 0 Å². The Morgan fingerprint density at radius 2 is 1.89 bits per heavy atom. The van der Waals surface area contributed by atoms with E-state index in [0.29, 0.717) is 12.2 Å². The molecule has 0 aliphatic rings. The summed E-state index contributed by atoms with van der Waals surface area (Å²) in [6.07, 6.45) is 0. The Morgan fingerprint density at radius 1 is 1.28 bits per heavy atom. The molecule has 0 spiro atoms. The Bertz CT molecular complexity index is 496. The molecule has 0 aliphatic heterocycles. The first kappa shape index (κ1) is 14.5. The molecule has 1 aromatic carbocycles. The Labute approximate surface area is 106 Å². The van der Waals surface area contributed by atoms with E-state index in [1.165, 1.54) is 19.2 Å². The van der Waals surface area contributed by atoms with Crippen LogP contribution in [0.1, 0.15) is 6.92 Å². The third-order valence-electron chi connectivity index (χ3n) is 2.16. The predicted molar refractivity (Wildman–Crippen MR) is 67.8 cm³/mol. The molecule has 1 rings (SSSR count). The molecule has 0 radical (unpaired) electrons. The average Bonchev–Trinajstić information content (AvgIpc) is 2.36. The number of carbonyl (C=O) groups is 1. The van der Waals surface area contributed by atoms with E-state index >= 15 is 0 Å². The molecule has 0 aromatic heterocycles. The maximum absolute atomic E-state index is 11.7. The quantitative estimate of drug-likeness (QED) is 0.740. The van der Waals surface area contributed by atoms with E-state index in [4.69, 9.17) is 0 Å². The summed E-state index contributed by atoms with van der Waals surface area (Å²) in [5.74, 6) is -0.389. The average molecular weight is 272 g/mol. The van der Waals surface area contributed by atoms with Crippen molar-refractivity contribution in [1.82, 2.24) is 4.72 Å². The minimum absolute atomic E-state index is 0.0375. The number of hydrogen-bond acceptors (Lipinski definition) is 5. The van der Waals surface area contributed by atoms with Crippen LogP contribution in [0.15, 0.2) is 29.2 Å². The van der Waals surface area contributed by atoms with Gasteiger partial charge in [-0.3, -0.25) is 4.79 Å². The molecule has 0 amide bonds. The lowest BCUT2D eigenvalue weighted by Gasteiger charge is -2.07. The zero-order chi connectivity index (χ0) is 13.6. The third-order valence-corrected chi connectivity index (χ3v) is 3.72. The summed E-state index contributed by atoms with van der Waals surface area (Å²) in [6, 6.07) is 6.12. The largest absolute Gasteiger partial charge is 0.468 e. The highest BCUT2D eigenvalue weighted by Gasteiger charge is 2.11. The van der Waals surface area contributed by atoms with Gasteiger partial charge in [-0.25, -0.2) is 13.1 Å². The number of esters is 1. The van der Waals surface area contributed by atoms with Crippen LogP contribution in [-0.2, 0) is 19.6 Å². The lowest BCUT2D eigenvalue weighted by atomic mass is 10.3. The van der Waals surface area contributed by atoms with Gasteiger partial charge in [0.1, 0.15) is 6.54 Å².